The molecule has 57 heavy (non-hydrogen) atoms. The maximum atomic E-state index is 2.65. The van der Waals surface area contributed by atoms with E-state index in [2.05, 4.69) is 170 Å². The second kappa shape index (κ2) is 11.6. The van der Waals surface area contributed by atoms with Crippen molar-refractivity contribution in [3.8, 4) is 33.4 Å². The lowest BCUT2D eigenvalue weighted by Gasteiger charge is -2.61. The number of benzene rings is 7. The van der Waals surface area contributed by atoms with E-state index in [9.17, 15) is 0 Å². The first kappa shape index (κ1) is 32.6. The summed E-state index contributed by atoms with van der Waals surface area (Å²) in [4.78, 5) is 2.56. The topological polar surface area (TPSA) is 3.24 Å². The normalized spacial score (nSPS) is 24.2. The van der Waals surface area contributed by atoms with Crippen molar-refractivity contribution in [1.82, 2.24) is 0 Å². The zero-order valence-electron chi connectivity index (χ0n) is 32.6. The molecule has 1 nitrogen and oxygen atoms in total. The van der Waals surface area contributed by atoms with E-state index in [1.54, 1.807) is 11.1 Å². The van der Waals surface area contributed by atoms with Crippen molar-refractivity contribution < 1.29 is 0 Å². The molecule has 0 amide bonds. The largest absolute Gasteiger partial charge is 0.310 e. The molecule has 1 spiro atoms. The standard InChI is InChI=1S/C55H45NS/c1-54(2)48-12-6-3-9-42(48)44-23-20-40(31-50(44)54)56(39-18-15-35(16-19-39)36-17-22-47-46-11-5-8-14-52(46)57-53(47)30-36)41-21-24-45-43-10-4-7-13-49(43)55(51(45)32-41)37-26-33-25-34(28-37)29-38(55)27-33/h3-24,30-34,37-38H,25-29H2,1-2H3. The molecule has 1 heterocycles. The molecule has 2 heteroatoms. The van der Waals surface area contributed by atoms with Crippen molar-refractivity contribution in [3.05, 3.63) is 174 Å². The summed E-state index contributed by atoms with van der Waals surface area (Å²) in [6, 6.07) is 58.5. The van der Waals surface area contributed by atoms with Crippen LogP contribution in [0.2, 0.25) is 0 Å². The molecule has 6 aliphatic rings. The maximum Gasteiger partial charge on any atom is 0.0465 e. The van der Waals surface area contributed by atoms with E-state index >= 15 is 0 Å². The molecule has 276 valence electrons. The zero-order chi connectivity index (χ0) is 37.6. The van der Waals surface area contributed by atoms with Gasteiger partial charge in [0.25, 0.3) is 0 Å². The van der Waals surface area contributed by atoms with Crippen LogP contribution < -0.4 is 4.90 Å². The number of anilines is 3. The van der Waals surface area contributed by atoms with Crippen LogP contribution >= 0.6 is 11.3 Å². The van der Waals surface area contributed by atoms with Crippen LogP contribution in [0, 0.1) is 23.7 Å². The highest BCUT2D eigenvalue weighted by atomic mass is 32.1. The van der Waals surface area contributed by atoms with Gasteiger partial charge in [0.2, 0.25) is 0 Å². The third-order valence-corrected chi connectivity index (χ3v) is 16.6. The first-order valence-electron chi connectivity index (χ1n) is 21.3. The Balaban J connectivity index is 0.975. The molecule has 6 aliphatic carbocycles. The quantitative estimate of drug-likeness (QED) is 0.173. The third kappa shape index (κ3) is 4.40. The number of hydrogen-bond acceptors (Lipinski definition) is 2. The summed E-state index contributed by atoms with van der Waals surface area (Å²) in [5, 5.41) is 2.70. The molecular formula is C55H45NS. The van der Waals surface area contributed by atoms with E-state index in [4.69, 9.17) is 0 Å². The lowest BCUT2D eigenvalue weighted by Crippen LogP contribution is -2.55. The van der Waals surface area contributed by atoms with Gasteiger partial charge in [-0.15, -0.1) is 11.3 Å². The summed E-state index contributed by atoms with van der Waals surface area (Å²) in [5.41, 5.74) is 18.0. The highest BCUT2D eigenvalue weighted by molar-refractivity contribution is 7.25. The van der Waals surface area contributed by atoms with Gasteiger partial charge in [0.05, 0.1) is 0 Å². The van der Waals surface area contributed by atoms with Gasteiger partial charge in [-0.25, -0.2) is 0 Å². The molecule has 0 saturated heterocycles. The Morgan fingerprint density at radius 3 is 1.72 bits per heavy atom. The molecular weight excluding hydrogens is 707 g/mol. The number of nitrogens with zero attached hydrogens (tertiary/aromatic N) is 1. The lowest BCUT2D eigenvalue weighted by atomic mass is 9.43. The minimum atomic E-state index is -0.0767. The van der Waals surface area contributed by atoms with E-state index in [1.165, 1.54) is 114 Å². The van der Waals surface area contributed by atoms with E-state index in [0.29, 0.717) is 0 Å². The van der Waals surface area contributed by atoms with Crippen molar-refractivity contribution in [3.63, 3.8) is 0 Å². The van der Waals surface area contributed by atoms with Crippen molar-refractivity contribution in [1.29, 1.82) is 0 Å². The van der Waals surface area contributed by atoms with E-state index in [1.807, 2.05) is 11.3 Å². The van der Waals surface area contributed by atoms with Gasteiger partial charge in [0.15, 0.2) is 0 Å². The van der Waals surface area contributed by atoms with Crippen LogP contribution in [0.1, 0.15) is 68.2 Å². The Labute approximate surface area is 339 Å². The SMILES string of the molecule is CC1(C)c2ccccc2-c2ccc(N(c3ccc(-c4ccc5c(c4)sc4ccccc45)cc3)c3ccc4c(c3)C3(c5ccccc5-4)C4CC5CC(C4)CC3C5)cc21. The molecule has 4 bridgehead atoms. The third-order valence-electron chi connectivity index (χ3n) is 15.5. The first-order chi connectivity index (χ1) is 27.9. The smallest absolute Gasteiger partial charge is 0.0465 e. The predicted molar refractivity (Wildman–Crippen MR) is 240 cm³/mol. The van der Waals surface area contributed by atoms with Crippen LogP contribution in [-0.4, -0.2) is 0 Å². The molecule has 4 fully saturated rings. The summed E-state index contributed by atoms with van der Waals surface area (Å²) in [6.07, 6.45) is 7.04. The van der Waals surface area contributed by atoms with E-state index in [0.717, 1.165) is 23.7 Å². The van der Waals surface area contributed by atoms with Crippen molar-refractivity contribution >= 4 is 48.6 Å². The zero-order valence-corrected chi connectivity index (χ0v) is 33.5. The fraction of sp³-hybridized carbons (Fsp3) is 0.236. The van der Waals surface area contributed by atoms with E-state index < -0.39 is 0 Å². The predicted octanol–water partition coefficient (Wildman–Crippen LogP) is 15.2. The molecule has 0 radical (unpaired) electrons. The fourth-order valence-electron chi connectivity index (χ4n) is 13.3. The minimum Gasteiger partial charge on any atom is -0.310 e. The Kier molecular flexibility index (Phi) is 6.63. The summed E-state index contributed by atoms with van der Waals surface area (Å²) in [6.45, 7) is 4.80. The van der Waals surface area contributed by atoms with Crippen LogP contribution in [0.4, 0.5) is 17.1 Å². The van der Waals surface area contributed by atoms with Crippen LogP contribution in [0.5, 0.6) is 0 Å². The molecule has 0 atom stereocenters. The monoisotopic (exact) mass is 751 g/mol. The molecule has 1 aromatic heterocycles. The molecule has 14 rings (SSSR count). The average Bonchev–Trinajstić information content (AvgIpc) is 3.83. The second-order valence-corrected chi connectivity index (χ2v) is 19.6. The van der Waals surface area contributed by atoms with E-state index in [-0.39, 0.29) is 10.8 Å². The molecule has 0 N–H and O–H groups in total. The van der Waals surface area contributed by atoms with Gasteiger partial charge < -0.3 is 4.90 Å². The Hall–Kier alpha value is -5.44. The highest BCUT2D eigenvalue weighted by Crippen LogP contribution is 2.69. The highest BCUT2D eigenvalue weighted by Gasteiger charge is 2.61. The first-order valence-corrected chi connectivity index (χ1v) is 22.1. The molecule has 0 aliphatic heterocycles. The number of thiophene rings is 1. The number of fused-ring (bicyclic) bond motifs is 9. The number of hydrogen-bond donors (Lipinski definition) is 0. The van der Waals surface area contributed by atoms with Crippen LogP contribution in [0.3, 0.4) is 0 Å². The average molecular weight is 752 g/mol. The summed E-state index contributed by atoms with van der Waals surface area (Å²) in [7, 11) is 0. The van der Waals surface area contributed by atoms with Gasteiger partial charge >= 0.3 is 0 Å². The molecule has 8 aromatic rings. The van der Waals surface area contributed by atoms with Gasteiger partial charge in [0.1, 0.15) is 0 Å². The van der Waals surface area contributed by atoms with Gasteiger partial charge in [0, 0.05) is 48.1 Å². The molecule has 7 aromatic carbocycles. The molecule has 0 unspecified atom stereocenters. The minimum absolute atomic E-state index is 0.0767. The summed E-state index contributed by atoms with van der Waals surface area (Å²) < 4.78 is 2.70. The maximum absolute atomic E-state index is 2.65. The van der Waals surface area contributed by atoms with Gasteiger partial charge in [-0.05, 0) is 160 Å². The van der Waals surface area contributed by atoms with Gasteiger partial charge in [-0.1, -0.05) is 117 Å². The summed E-state index contributed by atoms with van der Waals surface area (Å²) >= 11 is 1.89. The van der Waals surface area contributed by atoms with Crippen LogP contribution in [-0.2, 0) is 10.8 Å². The summed E-state index contributed by atoms with van der Waals surface area (Å²) in [5.74, 6) is 3.31. The van der Waals surface area contributed by atoms with Gasteiger partial charge in [-0.2, -0.15) is 0 Å². The van der Waals surface area contributed by atoms with Crippen molar-refractivity contribution in [2.24, 2.45) is 23.7 Å². The van der Waals surface area contributed by atoms with Gasteiger partial charge in [-0.3, -0.25) is 0 Å². The van der Waals surface area contributed by atoms with Crippen LogP contribution in [0.15, 0.2) is 152 Å². The Morgan fingerprint density at radius 2 is 0.982 bits per heavy atom. The van der Waals surface area contributed by atoms with Crippen LogP contribution in [0.25, 0.3) is 53.6 Å². The van der Waals surface area contributed by atoms with Crippen molar-refractivity contribution in [2.75, 3.05) is 4.90 Å². The Morgan fingerprint density at radius 1 is 0.439 bits per heavy atom. The molecule has 4 saturated carbocycles. The second-order valence-electron chi connectivity index (χ2n) is 18.5. The Bertz CT molecular complexity index is 2930. The fourth-order valence-corrected chi connectivity index (χ4v) is 14.4. The number of rotatable bonds is 4. The lowest BCUT2D eigenvalue weighted by molar-refractivity contribution is -0.0399. The van der Waals surface area contributed by atoms with Crippen molar-refractivity contribution in [2.45, 2.75) is 56.8 Å².